The highest BCUT2D eigenvalue weighted by molar-refractivity contribution is 5.70. The van der Waals surface area contributed by atoms with E-state index in [0.29, 0.717) is 0 Å². The number of pyridine rings is 2. The maximum Gasteiger partial charge on any atom is 0.119 e. The van der Waals surface area contributed by atoms with E-state index in [1.165, 1.54) is 11.3 Å². The molecule has 0 spiro atoms. The summed E-state index contributed by atoms with van der Waals surface area (Å²) in [6, 6.07) is 29.0. The van der Waals surface area contributed by atoms with Crippen LogP contribution in [0.4, 0.5) is 5.69 Å². The van der Waals surface area contributed by atoms with E-state index in [4.69, 9.17) is 4.74 Å². The number of hydrogen-bond acceptors (Lipinski definition) is 5. The van der Waals surface area contributed by atoms with Crippen LogP contribution in [-0.2, 0) is 13.1 Å². The van der Waals surface area contributed by atoms with Crippen LogP contribution in [0, 0.1) is 0 Å². The average Bonchev–Trinajstić information content (AvgIpc) is 2.95. The van der Waals surface area contributed by atoms with E-state index in [-0.39, 0.29) is 0 Å². The first-order valence-electron chi connectivity index (χ1n) is 13.4. The molecule has 0 radical (unpaired) electrons. The van der Waals surface area contributed by atoms with Crippen molar-refractivity contribution in [1.29, 1.82) is 0 Å². The Balaban J connectivity index is 1.17. The van der Waals surface area contributed by atoms with Crippen molar-refractivity contribution in [2.24, 2.45) is 0 Å². The SMILES string of the molecule is CN(C)c1ccc(/C=C/c2ccc(OCCCCCN(Cc3ccccn3)Cc3ccccn3)cc2)cc1. The number of anilines is 1. The zero-order valence-corrected chi connectivity index (χ0v) is 22.5. The summed E-state index contributed by atoms with van der Waals surface area (Å²) >= 11 is 0. The molecule has 0 atom stereocenters. The summed E-state index contributed by atoms with van der Waals surface area (Å²) < 4.78 is 6.00. The normalized spacial score (nSPS) is 11.2. The van der Waals surface area contributed by atoms with E-state index in [9.17, 15) is 0 Å². The van der Waals surface area contributed by atoms with E-state index in [1.807, 2.05) is 36.7 Å². The predicted octanol–water partition coefficient (Wildman–Crippen LogP) is 6.96. The van der Waals surface area contributed by atoms with Gasteiger partial charge in [0.2, 0.25) is 0 Å². The van der Waals surface area contributed by atoms with Crippen molar-refractivity contribution in [2.45, 2.75) is 32.4 Å². The molecule has 0 aliphatic carbocycles. The van der Waals surface area contributed by atoms with Crippen LogP contribution in [0.2, 0.25) is 0 Å². The molecule has 196 valence electrons. The lowest BCUT2D eigenvalue weighted by molar-refractivity contribution is 0.239. The van der Waals surface area contributed by atoms with E-state index in [0.717, 1.165) is 68.2 Å². The van der Waals surface area contributed by atoms with Crippen molar-refractivity contribution in [3.05, 3.63) is 120 Å². The molecule has 0 saturated heterocycles. The molecule has 4 aromatic rings. The molecule has 38 heavy (non-hydrogen) atoms. The third-order valence-corrected chi connectivity index (χ3v) is 6.37. The van der Waals surface area contributed by atoms with Crippen molar-refractivity contribution < 1.29 is 4.74 Å². The Morgan fingerprint density at radius 2 is 1.24 bits per heavy atom. The first-order chi connectivity index (χ1) is 18.7. The predicted molar refractivity (Wildman–Crippen MR) is 158 cm³/mol. The molecule has 4 rings (SSSR count). The molecule has 2 aromatic heterocycles. The largest absolute Gasteiger partial charge is 0.494 e. The van der Waals surface area contributed by atoms with Gasteiger partial charge in [0.1, 0.15) is 5.75 Å². The maximum absolute atomic E-state index is 6.00. The van der Waals surface area contributed by atoms with Gasteiger partial charge in [-0.2, -0.15) is 0 Å². The summed E-state index contributed by atoms with van der Waals surface area (Å²) in [4.78, 5) is 13.5. The minimum atomic E-state index is 0.730. The third-order valence-electron chi connectivity index (χ3n) is 6.37. The standard InChI is InChI=1S/C33H38N4O/c1-36(2)32-18-14-28(15-19-32)12-13-29-16-20-33(21-17-29)38-25-9-3-8-24-37(26-30-10-4-6-22-34-30)27-31-11-5-7-23-35-31/h4-7,10-23H,3,8-9,24-27H2,1-2H3/b13-12+. The smallest absolute Gasteiger partial charge is 0.119 e. The second-order valence-electron chi connectivity index (χ2n) is 9.65. The summed E-state index contributed by atoms with van der Waals surface area (Å²) in [5.74, 6) is 0.921. The van der Waals surface area contributed by atoms with Crippen LogP contribution in [0.15, 0.2) is 97.3 Å². The number of nitrogens with zero attached hydrogens (tertiary/aromatic N) is 4. The van der Waals surface area contributed by atoms with Gasteiger partial charge in [-0.3, -0.25) is 14.9 Å². The molecule has 0 amide bonds. The van der Waals surface area contributed by atoms with Gasteiger partial charge in [-0.1, -0.05) is 48.6 Å². The number of aromatic nitrogens is 2. The molecule has 2 aromatic carbocycles. The fourth-order valence-corrected chi connectivity index (χ4v) is 4.21. The van der Waals surface area contributed by atoms with Crippen LogP contribution in [0.5, 0.6) is 5.75 Å². The number of benzene rings is 2. The monoisotopic (exact) mass is 506 g/mol. The Labute approximate surface area is 227 Å². The van der Waals surface area contributed by atoms with Gasteiger partial charge >= 0.3 is 0 Å². The molecular weight excluding hydrogens is 468 g/mol. The number of ether oxygens (including phenoxy) is 1. The van der Waals surface area contributed by atoms with Gasteiger partial charge in [0.15, 0.2) is 0 Å². The quantitative estimate of drug-likeness (QED) is 0.137. The molecule has 5 nitrogen and oxygen atoms in total. The second-order valence-corrected chi connectivity index (χ2v) is 9.65. The minimum Gasteiger partial charge on any atom is -0.494 e. The second kappa shape index (κ2) is 14.7. The number of hydrogen-bond donors (Lipinski definition) is 0. The van der Waals surface area contributed by atoms with E-state index in [2.05, 4.69) is 107 Å². The van der Waals surface area contributed by atoms with Crippen LogP contribution in [0.1, 0.15) is 41.8 Å². The third kappa shape index (κ3) is 9.16. The van der Waals surface area contributed by atoms with Gasteiger partial charge in [0, 0.05) is 45.3 Å². The van der Waals surface area contributed by atoms with Crippen molar-refractivity contribution >= 4 is 17.8 Å². The van der Waals surface area contributed by atoms with Gasteiger partial charge < -0.3 is 9.64 Å². The van der Waals surface area contributed by atoms with E-state index >= 15 is 0 Å². The number of unbranched alkanes of at least 4 members (excludes halogenated alkanes) is 2. The summed E-state index contributed by atoms with van der Waals surface area (Å²) in [6.07, 6.45) is 11.3. The topological polar surface area (TPSA) is 41.5 Å². The molecule has 0 N–H and O–H groups in total. The maximum atomic E-state index is 6.00. The minimum absolute atomic E-state index is 0.730. The molecule has 0 fully saturated rings. The van der Waals surface area contributed by atoms with Gasteiger partial charge in [-0.25, -0.2) is 0 Å². The van der Waals surface area contributed by atoms with Gasteiger partial charge in [-0.05, 0) is 85.5 Å². The molecule has 5 heteroatoms. The van der Waals surface area contributed by atoms with Crippen molar-refractivity contribution in [3.8, 4) is 5.75 Å². The van der Waals surface area contributed by atoms with Crippen LogP contribution < -0.4 is 9.64 Å². The van der Waals surface area contributed by atoms with Crippen LogP contribution >= 0.6 is 0 Å². The molecule has 0 bridgehead atoms. The molecule has 0 saturated carbocycles. The lowest BCUT2D eigenvalue weighted by Gasteiger charge is -2.21. The Hall–Kier alpha value is -3.96. The Kier molecular flexibility index (Phi) is 10.5. The molecular formula is C33H38N4O. The first kappa shape index (κ1) is 27.1. The molecule has 0 aliphatic rings. The fourth-order valence-electron chi connectivity index (χ4n) is 4.21. The highest BCUT2D eigenvalue weighted by Gasteiger charge is 2.08. The van der Waals surface area contributed by atoms with E-state index in [1.54, 1.807) is 0 Å². The van der Waals surface area contributed by atoms with Gasteiger partial charge in [0.05, 0.1) is 18.0 Å². The van der Waals surface area contributed by atoms with Crippen molar-refractivity contribution in [2.75, 3.05) is 32.1 Å². The molecule has 0 unspecified atom stereocenters. The average molecular weight is 507 g/mol. The lowest BCUT2D eigenvalue weighted by atomic mass is 10.1. The molecule has 2 heterocycles. The first-order valence-corrected chi connectivity index (χ1v) is 13.4. The summed E-state index contributed by atoms with van der Waals surface area (Å²) in [6.45, 7) is 3.39. The summed E-state index contributed by atoms with van der Waals surface area (Å²) in [5.41, 5.74) is 5.74. The zero-order chi connectivity index (χ0) is 26.4. The van der Waals surface area contributed by atoms with Crippen LogP contribution in [-0.4, -0.2) is 42.1 Å². The van der Waals surface area contributed by atoms with Crippen molar-refractivity contribution in [1.82, 2.24) is 14.9 Å². The van der Waals surface area contributed by atoms with Crippen LogP contribution in [0.25, 0.3) is 12.2 Å². The Morgan fingerprint density at radius 1 is 0.658 bits per heavy atom. The summed E-state index contributed by atoms with van der Waals surface area (Å²) in [7, 11) is 4.11. The van der Waals surface area contributed by atoms with Gasteiger partial charge in [-0.15, -0.1) is 0 Å². The molecule has 0 aliphatic heterocycles. The zero-order valence-electron chi connectivity index (χ0n) is 22.5. The van der Waals surface area contributed by atoms with Gasteiger partial charge in [0.25, 0.3) is 0 Å². The van der Waals surface area contributed by atoms with E-state index < -0.39 is 0 Å². The highest BCUT2D eigenvalue weighted by atomic mass is 16.5. The van der Waals surface area contributed by atoms with Crippen LogP contribution in [0.3, 0.4) is 0 Å². The Morgan fingerprint density at radius 3 is 1.76 bits per heavy atom. The number of rotatable bonds is 14. The van der Waals surface area contributed by atoms with Crippen molar-refractivity contribution in [3.63, 3.8) is 0 Å². The summed E-state index contributed by atoms with van der Waals surface area (Å²) in [5, 5.41) is 0. The Bertz CT molecular complexity index is 1180. The lowest BCUT2D eigenvalue weighted by Crippen LogP contribution is -2.25. The highest BCUT2D eigenvalue weighted by Crippen LogP contribution is 2.17. The fraction of sp³-hybridized carbons (Fsp3) is 0.273.